The molecule has 7 heteroatoms. The van der Waals surface area contributed by atoms with E-state index in [1.165, 1.54) is 12.1 Å². The van der Waals surface area contributed by atoms with Gasteiger partial charge in [0, 0.05) is 35.3 Å². The van der Waals surface area contributed by atoms with Crippen LogP contribution in [0.15, 0.2) is 91.4 Å². The van der Waals surface area contributed by atoms with Gasteiger partial charge < -0.3 is 9.84 Å². The number of benzene rings is 2. The molecule has 0 radical (unpaired) electrons. The van der Waals surface area contributed by atoms with Gasteiger partial charge in [-0.05, 0) is 48.6 Å². The molecule has 0 aliphatic heterocycles. The molecule has 0 fully saturated rings. The summed E-state index contributed by atoms with van der Waals surface area (Å²) in [4.78, 5) is 27.6. The average Bonchev–Trinajstić information content (AvgIpc) is 3.27. The third-order valence-electron chi connectivity index (χ3n) is 4.59. The van der Waals surface area contributed by atoms with Crippen molar-refractivity contribution in [1.29, 1.82) is 0 Å². The third-order valence-corrected chi connectivity index (χ3v) is 4.59. The minimum atomic E-state index is -1.08. The zero-order chi connectivity index (χ0) is 22.3. The van der Waals surface area contributed by atoms with Gasteiger partial charge in [-0.2, -0.15) is 5.10 Å². The molecule has 4 aromatic rings. The first-order valence-electron chi connectivity index (χ1n) is 9.83. The van der Waals surface area contributed by atoms with Crippen LogP contribution in [0.3, 0.4) is 0 Å². The van der Waals surface area contributed by atoms with Gasteiger partial charge in [0.15, 0.2) is 12.4 Å². The Morgan fingerprint density at radius 1 is 1.03 bits per heavy atom. The normalized spacial score (nSPS) is 10.9. The monoisotopic (exact) mass is 425 g/mol. The third kappa shape index (κ3) is 4.96. The topological polar surface area (TPSA) is 94.3 Å². The number of ether oxygens (including phenoxy) is 1. The molecule has 0 unspecified atom stereocenters. The largest absolute Gasteiger partial charge is 0.482 e. The number of allylic oxidation sites excluding steroid dienone is 1. The first kappa shape index (κ1) is 20.7. The van der Waals surface area contributed by atoms with Crippen molar-refractivity contribution in [3.05, 3.63) is 103 Å². The molecule has 0 saturated carbocycles. The molecule has 0 bridgehead atoms. The predicted molar refractivity (Wildman–Crippen MR) is 120 cm³/mol. The highest BCUT2D eigenvalue weighted by molar-refractivity contribution is 6.07. The molecule has 0 amide bonds. The van der Waals surface area contributed by atoms with Crippen molar-refractivity contribution in [2.24, 2.45) is 0 Å². The minimum absolute atomic E-state index is 0.240. The van der Waals surface area contributed by atoms with Crippen molar-refractivity contribution in [2.45, 2.75) is 0 Å². The molecule has 0 aliphatic rings. The highest BCUT2D eigenvalue weighted by Crippen LogP contribution is 2.24. The van der Waals surface area contributed by atoms with Gasteiger partial charge in [-0.15, -0.1) is 0 Å². The fourth-order valence-electron chi connectivity index (χ4n) is 3.10. The van der Waals surface area contributed by atoms with Crippen LogP contribution in [-0.2, 0) is 4.79 Å². The van der Waals surface area contributed by atoms with Crippen LogP contribution >= 0.6 is 0 Å². The number of hydrogen-bond acceptors (Lipinski definition) is 5. The summed E-state index contributed by atoms with van der Waals surface area (Å²) in [6, 6.07) is 19.8. The Kier molecular flexibility index (Phi) is 6.17. The first-order chi connectivity index (χ1) is 15.6. The summed E-state index contributed by atoms with van der Waals surface area (Å²) in [5, 5.41) is 13.4. The van der Waals surface area contributed by atoms with Crippen LogP contribution in [0, 0.1) is 0 Å². The van der Waals surface area contributed by atoms with Gasteiger partial charge in [0.2, 0.25) is 0 Å². The van der Waals surface area contributed by atoms with Crippen molar-refractivity contribution < 1.29 is 19.4 Å². The fourth-order valence-corrected chi connectivity index (χ4v) is 3.10. The Morgan fingerprint density at radius 2 is 1.88 bits per heavy atom. The molecule has 0 spiro atoms. The summed E-state index contributed by atoms with van der Waals surface area (Å²) in [6.45, 7) is -0.472. The van der Waals surface area contributed by atoms with E-state index in [1.807, 2.05) is 48.7 Å². The molecule has 158 valence electrons. The van der Waals surface area contributed by atoms with Crippen LogP contribution < -0.4 is 4.74 Å². The summed E-state index contributed by atoms with van der Waals surface area (Å²) >= 11 is 0. The van der Waals surface area contributed by atoms with Crippen molar-refractivity contribution in [2.75, 3.05) is 6.61 Å². The number of ketones is 1. The number of carboxylic acids is 1. The van der Waals surface area contributed by atoms with Gasteiger partial charge in [-0.25, -0.2) is 9.48 Å². The van der Waals surface area contributed by atoms with Gasteiger partial charge >= 0.3 is 5.97 Å². The molecule has 1 N–H and O–H groups in total. The van der Waals surface area contributed by atoms with E-state index in [9.17, 15) is 9.59 Å². The quantitative estimate of drug-likeness (QED) is 0.334. The molecular weight excluding hydrogens is 406 g/mol. The summed E-state index contributed by atoms with van der Waals surface area (Å²) in [5.41, 5.74) is 3.57. The lowest BCUT2D eigenvalue weighted by Crippen LogP contribution is -2.09. The van der Waals surface area contributed by atoms with Crippen LogP contribution in [0.4, 0.5) is 0 Å². The molecule has 2 aromatic carbocycles. The lowest BCUT2D eigenvalue weighted by molar-refractivity contribution is -0.139. The maximum absolute atomic E-state index is 12.7. The van der Waals surface area contributed by atoms with E-state index in [2.05, 4.69) is 4.98 Å². The lowest BCUT2D eigenvalue weighted by Gasteiger charge is -2.04. The number of carboxylic acid groups (broad SMARTS) is 1. The number of rotatable bonds is 8. The number of hydrogen-bond donors (Lipinski definition) is 1. The van der Waals surface area contributed by atoms with Crippen LogP contribution in [0.25, 0.3) is 23.0 Å². The summed E-state index contributed by atoms with van der Waals surface area (Å²) in [7, 11) is 0. The number of aromatic nitrogens is 3. The number of carbonyl (C=O) groups is 2. The van der Waals surface area contributed by atoms with Crippen molar-refractivity contribution in [3.63, 3.8) is 0 Å². The average molecular weight is 425 g/mol. The van der Waals surface area contributed by atoms with E-state index in [0.29, 0.717) is 17.0 Å². The van der Waals surface area contributed by atoms with E-state index < -0.39 is 12.6 Å². The van der Waals surface area contributed by atoms with Gasteiger partial charge in [-0.3, -0.25) is 9.78 Å². The van der Waals surface area contributed by atoms with Gasteiger partial charge in [0.1, 0.15) is 11.4 Å². The molecule has 32 heavy (non-hydrogen) atoms. The van der Waals surface area contributed by atoms with Gasteiger partial charge in [0.05, 0.1) is 5.69 Å². The summed E-state index contributed by atoms with van der Waals surface area (Å²) in [6.07, 6.45) is 8.44. The zero-order valence-electron chi connectivity index (χ0n) is 17.0. The van der Waals surface area contributed by atoms with Crippen LogP contribution in [0.2, 0.25) is 0 Å². The number of carbonyl (C=O) groups excluding carboxylic acids is 1. The lowest BCUT2D eigenvalue weighted by atomic mass is 10.1. The highest BCUT2D eigenvalue weighted by atomic mass is 16.5. The SMILES string of the molecule is O=C(O)COc1cccc(C(=O)/C=C/c2cn(-c3ccccc3)nc2-c2cccnc2)c1. The Balaban J connectivity index is 1.63. The standard InChI is InChI=1S/C25H19N3O4/c29-23(18-6-4-10-22(14-18)32-17-24(30)31)12-11-20-16-28(21-8-2-1-3-9-21)27-25(20)19-7-5-13-26-15-19/h1-16H,17H2,(H,30,31)/b12-11+. The van der Waals surface area contributed by atoms with Crippen LogP contribution in [-0.4, -0.2) is 38.2 Å². The van der Waals surface area contributed by atoms with Crippen LogP contribution in [0.5, 0.6) is 5.75 Å². The van der Waals surface area contributed by atoms with E-state index in [-0.39, 0.29) is 5.78 Å². The molecule has 4 rings (SSSR count). The second-order valence-electron chi connectivity index (χ2n) is 6.86. The Bertz CT molecular complexity index is 1260. The van der Waals surface area contributed by atoms with E-state index >= 15 is 0 Å². The zero-order valence-corrected chi connectivity index (χ0v) is 17.0. The Labute approximate surface area is 184 Å². The summed E-state index contributed by atoms with van der Waals surface area (Å²) in [5.74, 6) is -1.00. The number of pyridine rings is 1. The summed E-state index contributed by atoms with van der Waals surface area (Å²) < 4.78 is 6.91. The number of nitrogens with zero attached hydrogens (tertiary/aromatic N) is 3. The van der Waals surface area contributed by atoms with E-state index in [0.717, 1.165) is 16.8 Å². The van der Waals surface area contributed by atoms with Crippen molar-refractivity contribution in [3.8, 4) is 22.7 Å². The van der Waals surface area contributed by atoms with Crippen LogP contribution in [0.1, 0.15) is 15.9 Å². The first-order valence-corrected chi connectivity index (χ1v) is 9.83. The Hall–Kier alpha value is -4.52. The molecule has 7 nitrogen and oxygen atoms in total. The van der Waals surface area contributed by atoms with Gasteiger partial charge in [-0.1, -0.05) is 30.3 Å². The molecule has 0 saturated heterocycles. The maximum atomic E-state index is 12.7. The number of para-hydroxylation sites is 1. The second-order valence-corrected chi connectivity index (χ2v) is 6.86. The van der Waals surface area contributed by atoms with E-state index in [4.69, 9.17) is 14.9 Å². The maximum Gasteiger partial charge on any atom is 0.341 e. The molecule has 0 aliphatic carbocycles. The molecule has 0 atom stereocenters. The van der Waals surface area contributed by atoms with Crippen molar-refractivity contribution in [1.82, 2.24) is 14.8 Å². The smallest absolute Gasteiger partial charge is 0.341 e. The fraction of sp³-hybridized carbons (Fsp3) is 0.0400. The molecular formula is C25H19N3O4. The second kappa shape index (κ2) is 9.53. The van der Waals surface area contributed by atoms with Gasteiger partial charge in [0.25, 0.3) is 0 Å². The Morgan fingerprint density at radius 3 is 2.62 bits per heavy atom. The molecule has 2 heterocycles. The molecule has 2 aromatic heterocycles. The van der Waals surface area contributed by atoms with E-state index in [1.54, 1.807) is 41.4 Å². The van der Waals surface area contributed by atoms with Crippen molar-refractivity contribution >= 4 is 17.8 Å². The highest BCUT2D eigenvalue weighted by Gasteiger charge is 2.12. The minimum Gasteiger partial charge on any atom is -0.482 e. The number of aliphatic carboxylic acids is 1. The predicted octanol–water partition coefficient (Wildman–Crippen LogP) is 4.29.